The lowest BCUT2D eigenvalue weighted by Crippen LogP contribution is -2.38. The van der Waals surface area contributed by atoms with Crippen LogP contribution in [0.1, 0.15) is 18.9 Å². The van der Waals surface area contributed by atoms with Gasteiger partial charge in [-0.25, -0.2) is 4.99 Å². The van der Waals surface area contributed by atoms with Crippen molar-refractivity contribution < 1.29 is 35.8 Å². The molecule has 0 heterocycles. The molecule has 0 saturated carbocycles. The van der Waals surface area contributed by atoms with Crippen LogP contribution >= 0.6 is 0 Å². The Bertz CT molecular complexity index is 588. The first-order valence-electron chi connectivity index (χ1n) is 8.54. The van der Waals surface area contributed by atoms with Crippen LogP contribution in [0.15, 0.2) is 29.3 Å². The Labute approximate surface area is 159 Å². The Kier molecular flexibility index (Phi) is 9.91. The molecule has 0 saturated heterocycles. The largest absolute Gasteiger partial charge is 0.484 e. The number of hydrogen-bond donors (Lipinski definition) is 2. The summed E-state index contributed by atoms with van der Waals surface area (Å²) in [6.07, 6.45) is -8.37. The Balaban J connectivity index is 2.40. The highest BCUT2D eigenvalue weighted by Crippen LogP contribution is 2.19. The van der Waals surface area contributed by atoms with Crippen molar-refractivity contribution in [3.05, 3.63) is 29.8 Å². The van der Waals surface area contributed by atoms with E-state index >= 15 is 0 Å². The number of aliphatic imine (C=N–C) groups is 1. The number of hydrogen-bond acceptors (Lipinski definition) is 3. The molecule has 0 unspecified atom stereocenters. The highest BCUT2D eigenvalue weighted by molar-refractivity contribution is 5.79. The maximum atomic E-state index is 12.1. The van der Waals surface area contributed by atoms with Gasteiger partial charge in [-0.05, 0) is 31.0 Å². The molecular formula is C17H23F6N3O2. The number of ether oxygens (including phenoxy) is 2. The Morgan fingerprint density at radius 1 is 0.964 bits per heavy atom. The van der Waals surface area contributed by atoms with Gasteiger partial charge in [-0.3, -0.25) is 0 Å². The molecule has 5 nitrogen and oxygen atoms in total. The molecule has 0 amide bonds. The second-order valence-electron chi connectivity index (χ2n) is 5.69. The monoisotopic (exact) mass is 415 g/mol. The number of alkyl halides is 6. The minimum atomic E-state index is -4.40. The van der Waals surface area contributed by atoms with Gasteiger partial charge >= 0.3 is 12.4 Å². The first kappa shape index (κ1) is 23.9. The Morgan fingerprint density at radius 2 is 1.61 bits per heavy atom. The zero-order chi connectivity index (χ0) is 21.0. The van der Waals surface area contributed by atoms with Crippen LogP contribution in [0.2, 0.25) is 0 Å². The van der Waals surface area contributed by atoms with Gasteiger partial charge in [0.15, 0.2) is 12.6 Å². The molecule has 1 aromatic carbocycles. The fraction of sp³-hybridized carbons (Fsp3) is 0.588. The van der Waals surface area contributed by atoms with E-state index in [9.17, 15) is 26.3 Å². The number of guanidine groups is 1. The van der Waals surface area contributed by atoms with Crippen LogP contribution in [0.5, 0.6) is 5.75 Å². The summed E-state index contributed by atoms with van der Waals surface area (Å²) >= 11 is 0. The summed E-state index contributed by atoms with van der Waals surface area (Å²) in [6.45, 7) is 0.408. The predicted molar refractivity (Wildman–Crippen MR) is 92.3 cm³/mol. The molecule has 160 valence electrons. The molecule has 1 aromatic rings. The van der Waals surface area contributed by atoms with E-state index in [0.717, 1.165) is 5.56 Å². The molecule has 1 rings (SSSR count). The fourth-order valence-electron chi connectivity index (χ4n) is 1.94. The van der Waals surface area contributed by atoms with E-state index in [2.05, 4.69) is 25.1 Å². The average molecular weight is 415 g/mol. The maximum Gasteiger partial charge on any atom is 0.422 e. The first-order chi connectivity index (χ1) is 13.1. The Hall–Kier alpha value is -2.17. The Morgan fingerprint density at radius 3 is 2.18 bits per heavy atom. The molecule has 0 aliphatic carbocycles. The van der Waals surface area contributed by atoms with Crippen molar-refractivity contribution in [1.82, 2.24) is 10.6 Å². The van der Waals surface area contributed by atoms with Crippen LogP contribution in [0.3, 0.4) is 0 Å². The van der Waals surface area contributed by atoms with Crippen molar-refractivity contribution in [2.45, 2.75) is 32.2 Å². The van der Waals surface area contributed by atoms with Gasteiger partial charge in [-0.15, -0.1) is 0 Å². The second-order valence-corrected chi connectivity index (χ2v) is 5.69. The molecule has 11 heteroatoms. The van der Waals surface area contributed by atoms with Crippen LogP contribution in [0, 0.1) is 0 Å². The zero-order valence-corrected chi connectivity index (χ0v) is 15.3. The minimum Gasteiger partial charge on any atom is -0.484 e. The third-order valence-electron chi connectivity index (χ3n) is 3.11. The molecular weight excluding hydrogens is 392 g/mol. The molecule has 0 aromatic heterocycles. The lowest BCUT2D eigenvalue weighted by molar-refractivity contribution is -0.173. The van der Waals surface area contributed by atoms with Gasteiger partial charge in [0.05, 0.1) is 6.54 Å². The van der Waals surface area contributed by atoms with Gasteiger partial charge in [-0.2, -0.15) is 26.3 Å². The van der Waals surface area contributed by atoms with Gasteiger partial charge in [0.1, 0.15) is 12.4 Å². The summed E-state index contributed by atoms with van der Waals surface area (Å²) in [5.41, 5.74) is 0.755. The van der Waals surface area contributed by atoms with Gasteiger partial charge in [0.25, 0.3) is 0 Å². The third kappa shape index (κ3) is 12.3. The molecule has 0 fully saturated rings. The number of rotatable bonds is 10. The summed E-state index contributed by atoms with van der Waals surface area (Å²) in [7, 11) is 0. The van der Waals surface area contributed by atoms with Crippen LogP contribution in [0.4, 0.5) is 26.3 Å². The smallest absolute Gasteiger partial charge is 0.422 e. The molecule has 0 spiro atoms. The number of nitrogens with zero attached hydrogens (tertiary/aromatic N) is 1. The van der Waals surface area contributed by atoms with Gasteiger partial charge < -0.3 is 20.1 Å². The van der Waals surface area contributed by atoms with E-state index in [4.69, 9.17) is 0 Å². The van der Waals surface area contributed by atoms with E-state index in [1.54, 1.807) is 12.1 Å². The van der Waals surface area contributed by atoms with Crippen molar-refractivity contribution in [3.63, 3.8) is 0 Å². The van der Waals surface area contributed by atoms with Gasteiger partial charge in [0, 0.05) is 19.7 Å². The van der Waals surface area contributed by atoms with Crippen molar-refractivity contribution in [2.75, 3.05) is 32.9 Å². The van der Waals surface area contributed by atoms with E-state index in [0.29, 0.717) is 25.5 Å². The van der Waals surface area contributed by atoms with E-state index in [-0.39, 0.29) is 18.9 Å². The SMILES string of the molecule is CCNC(=NCc1ccc(OCC(F)(F)F)cc1)NCCCOCC(F)(F)F. The van der Waals surface area contributed by atoms with Crippen LogP contribution in [-0.4, -0.2) is 51.2 Å². The third-order valence-corrected chi connectivity index (χ3v) is 3.11. The normalized spacial score (nSPS) is 12.8. The highest BCUT2D eigenvalue weighted by Gasteiger charge is 2.28. The lowest BCUT2D eigenvalue weighted by atomic mass is 10.2. The molecule has 0 radical (unpaired) electrons. The standard InChI is InChI=1S/C17H23F6N3O2/c1-2-24-15(25-8-3-9-27-11-16(18,19)20)26-10-13-4-6-14(7-5-13)28-12-17(21,22)23/h4-7H,2-3,8-12H2,1H3,(H2,24,25,26). The van der Waals surface area contributed by atoms with Crippen molar-refractivity contribution in [3.8, 4) is 5.75 Å². The highest BCUT2D eigenvalue weighted by atomic mass is 19.4. The van der Waals surface area contributed by atoms with Crippen LogP contribution in [-0.2, 0) is 11.3 Å². The van der Waals surface area contributed by atoms with E-state index < -0.39 is 25.6 Å². The number of nitrogens with one attached hydrogen (secondary N) is 2. The molecule has 0 aliphatic rings. The van der Waals surface area contributed by atoms with E-state index in [1.807, 2.05) is 6.92 Å². The summed E-state index contributed by atoms with van der Waals surface area (Å²) in [4.78, 5) is 4.31. The van der Waals surface area contributed by atoms with Gasteiger partial charge in [0.2, 0.25) is 0 Å². The van der Waals surface area contributed by atoms with Gasteiger partial charge in [-0.1, -0.05) is 12.1 Å². The predicted octanol–water partition coefficient (Wildman–Crippen LogP) is 3.65. The summed E-state index contributed by atoms with van der Waals surface area (Å²) in [5.74, 6) is 0.574. The zero-order valence-electron chi connectivity index (χ0n) is 15.3. The summed E-state index contributed by atoms with van der Waals surface area (Å²) in [6, 6.07) is 6.05. The number of halogens is 6. The lowest BCUT2D eigenvalue weighted by Gasteiger charge is -2.12. The van der Waals surface area contributed by atoms with Crippen LogP contribution in [0.25, 0.3) is 0 Å². The van der Waals surface area contributed by atoms with Crippen molar-refractivity contribution in [1.29, 1.82) is 0 Å². The van der Waals surface area contributed by atoms with E-state index in [1.165, 1.54) is 12.1 Å². The summed E-state index contributed by atoms with van der Waals surface area (Å²) in [5, 5.41) is 5.95. The van der Waals surface area contributed by atoms with Crippen molar-refractivity contribution in [2.24, 2.45) is 4.99 Å². The van der Waals surface area contributed by atoms with Crippen LogP contribution < -0.4 is 15.4 Å². The molecule has 0 aliphatic heterocycles. The average Bonchev–Trinajstić information content (AvgIpc) is 2.60. The molecule has 0 bridgehead atoms. The topological polar surface area (TPSA) is 54.9 Å². The fourth-order valence-corrected chi connectivity index (χ4v) is 1.94. The molecule has 2 N–H and O–H groups in total. The summed E-state index contributed by atoms with van der Waals surface area (Å²) < 4.78 is 81.3. The quantitative estimate of drug-likeness (QED) is 0.265. The second kappa shape index (κ2) is 11.6. The maximum absolute atomic E-state index is 12.1. The molecule has 28 heavy (non-hydrogen) atoms. The molecule has 0 atom stereocenters. The first-order valence-corrected chi connectivity index (χ1v) is 8.54. The minimum absolute atomic E-state index is 0.0364. The van der Waals surface area contributed by atoms with Crippen molar-refractivity contribution >= 4 is 5.96 Å². The number of benzene rings is 1.